The number of benzene rings is 2. The Morgan fingerprint density at radius 2 is 2.00 bits per heavy atom. The molecule has 0 spiro atoms. The van der Waals surface area contributed by atoms with E-state index in [1.54, 1.807) is 24.5 Å². The van der Waals surface area contributed by atoms with E-state index in [2.05, 4.69) is 20.4 Å². The Morgan fingerprint density at radius 1 is 1.21 bits per heavy atom. The Kier molecular flexibility index (Phi) is 6.71. The number of ether oxygens (including phenoxy) is 1. The third-order valence-corrected chi connectivity index (χ3v) is 5.33. The molecule has 168 valence electrons. The molecule has 4 rings (SSSR count). The molecule has 1 N–H and O–H groups in total. The summed E-state index contributed by atoms with van der Waals surface area (Å²) in [6.45, 7) is -0.550. The minimum atomic E-state index is -0.759. The molecule has 2 aromatic carbocycles. The molecule has 12 heteroatoms. The van der Waals surface area contributed by atoms with Gasteiger partial charge in [-0.15, -0.1) is 0 Å². The molecule has 0 aliphatic rings. The van der Waals surface area contributed by atoms with Crippen molar-refractivity contribution in [3.8, 4) is 11.4 Å². The van der Waals surface area contributed by atoms with Gasteiger partial charge >= 0.3 is 5.97 Å². The van der Waals surface area contributed by atoms with Gasteiger partial charge in [-0.05, 0) is 48.7 Å². The second-order valence-electron chi connectivity index (χ2n) is 6.57. The van der Waals surface area contributed by atoms with E-state index in [0.717, 1.165) is 0 Å². The molecule has 0 saturated heterocycles. The quantitative estimate of drug-likeness (QED) is 0.313. The molecule has 0 aliphatic carbocycles. The zero-order valence-electron chi connectivity index (χ0n) is 17.1. The zero-order valence-corrected chi connectivity index (χ0v) is 18.7. The van der Waals surface area contributed by atoms with Crippen molar-refractivity contribution in [3.63, 3.8) is 0 Å². The van der Waals surface area contributed by atoms with Crippen molar-refractivity contribution in [2.24, 2.45) is 0 Å². The van der Waals surface area contributed by atoms with Gasteiger partial charge in [-0.3, -0.25) is 9.36 Å². The number of amides is 1. The molecule has 2 aromatic heterocycles. The molecule has 0 aliphatic heterocycles. The van der Waals surface area contributed by atoms with Gasteiger partial charge in [0.15, 0.2) is 17.5 Å². The van der Waals surface area contributed by atoms with Gasteiger partial charge in [-0.2, -0.15) is 5.10 Å². The van der Waals surface area contributed by atoms with Gasteiger partial charge < -0.3 is 10.1 Å². The van der Waals surface area contributed by atoms with Crippen LogP contribution in [-0.2, 0) is 9.53 Å². The summed E-state index contributed by atoms with van der Waals surface area (Å²) in [4.78, 5) is 33.3. The van der Waals surface area contributed by atoms with Crippen LogP contribution in [0.2, 0.25) is 5.02 Å². The van der Waals surface area contributed by atoms with Crippen molar-refractivity contribution < 1.29 is 18.7 Å². The number of thioether (sulfide) groups is 1. The van der Waals surface area contributed by atoms with E-state index in [4.69, 9.17) is 16.3 Å². The summed E-state index contributed by atoms with van der Waals surface area (Å²) in [6.07, 6.45) is 5.96. The average molecular weight is 487 g/mol. The standard InChI is InChI=1S/C21H16ClFN6O3S/c1-33-21-25-9-18(29(21)15-5-3-14(23)4-6-15)20(31)32-10-19(30)27-16-8-13(22)2-7-17(16)28-12-24-11-26-28/h2-9,11-12H,10H2,1H3,(H,27,30). The highest BCUT2D eigenvalue weighted by molar-refractivity contribution is 7.98. The van der Waals surface area contributed by atoms with E-state index < -0.39 is 24.3 Å². The number of carbonyl (C=O) groups excluding carboxylic acids is 2. The molecule has 0 saturated carbocycles. The van der Waals surface area contributed by atoms with Gasteiger partial charge in [-0.25, -0.2) is 23.8 Å². The lowest BCUT2D eigenvalue weighted by Crippen LogP contribution is -2.22. The summed E-state index contributed by atoms with van der Waals surface area (Å²) < 4.78 is 21.5. The van der Waals surface area contributed by atoms with Crippen LogP contribution in [0.25, 0.3) is 11.4 Å². The van der Waals surface area contributed by atoms with E-state index in [1.807, 2.05) is 0 Å². The van der Waals surface area contributed by atoms with Gasteiger partial charge in [-0.1, -0.05) is 23.4 Å². The lowest BCUT2D eigenvalue weighted by molar-refractivity contribution is -0.119. The smallest absolute Gasteiger partial charge is 0.357 e. The summed E-state index contributed by atoms with van der Waals surface area (Å²) in [7, 11) is 0. The van der Waals surface area contributed by atoms with Crippen LogP contribution in [-0.4, -0.2) is 49.1 Å². The first-order valence-electron chi connectivity index (χ1n) is 9.45. The summed E-state index contributed by atoms with van der Waals surface area (Å²) in [5, 5.41) is 7.61. The minimum absolute atomic E-state index is 0.102. The molecule has 0 radical (unpaired) electrons. The number of hydrogen-bond donors (Lipinski definition) is 1. The van der Waals surface area contributed by atoms with Gasteiger partial charge in [0, 0.05) is 10.7 Å². The van der Waals surface area contributed by atoms with Crippen molar-refractivity contribution in [1.29, 1.82) is 0 Å². The van der Waals surface area contributed by atoms with Gasteiger partial charge in [0.25, 0.3) is 5.91 Å². The fraction of sp³-hybridized carbons (Fsp3) is 0.0952. The third-order valence-electron chi connectivity index (χ3n) is 4.44. The number of imidazole rings is 1. The third kappa shape index (κ3) is 5.04. The maximum absolute atomic E-state index is 13.3. The van der Waals surface area contributed by atoms with Crippen molar-refractivity contribution in [3.05, 3.63) is 77.8 Å². The van der Waals surface area contributed by atoms with Crippen molar-refractivity contribution in [1.82, 2.24) is 24.3 Å². The fourth-order valence-corrected chi connectivity index (χ4v) is 3.71. The van der Waals surface area contributed by atoms with Gasteiger partial charge in [0.2, 0.25) is 0 Å². The summed E-state index contributed by atoms with van der Waals surface area (Å²) in [5.74, 6) is -1.74. The first-order chi connectivity index (χ1) is 16.0. The molecule has 0 unspecified atom stereocenters. The molecule has 0 atom stereocenters. The van der Waals surface area contributed by atoms with Crippen LogP contribution in [0.4, 0.5) is 10.1 Å². The Labute approximate surface area is 196 Å². The number of nitrogens with one attached hydrogen (secondary N) is 1. The van der Waals surface area contributed by atoms with E-state index in [9.17, 15) is 14.0 Å². The van der Waals surface area contributed by atoms with Crippen LogP contribution in [0.5, 0.6) is 0 Å². The Balaban J connectivity index is 1.48. The molecule has 0 fully saturated rings. The Hall–Kier alpha value is -3.70. The average Bonchev–Trinajstić information content (AvgIpc) is 3.48. The van der Waals surface area contributed by atoms with Crippen LogP contribution >= 0.6 is 23.4 Å². The van der Waals surface area contributed by atoms with Crippen LogP contribution < -0.4 is 5.32 Å². The first-order valence-corrected chi connectivity index (χ1v) is 11.1. The van der Waals surface area contributed by atoms with Crippen molar-refractivity contribution >= 4 is 40.9 Å². The normalized spacial score (nSPS) is 10.8. The van der Waals surface area contributed by atoms with Gasteiger partial charge in [0.1, 0.15) is 18.5 Å². The highest BCUT2D eigenvalue weighted by Gasteiger charge is 2.20. The number of rotatable bonds is 7. The minimum Gasteiger partial charge on any atom is -0.451 e. The Morgan fingerprint density at radius 3 is 2.70 bits per heavy atom. The maximum Gasteiger partial charge on any atom is 0.357 e. The molecule has 33 heavy (non-hydrogen) atoms. The summed E-state index contributed by atoms with van der Waals surface area (Å²) in [6, 6.07) is 10.5. The van der Waals surface area contributed by atoms with Crippen LogP contribution in [0.15, 0.2) is 66.5 Å². The van der Waals surface area contributed by atoms with Crippen molar-refractivity contribution in [2.75, 3.05) is 18.2 Å². The number of halogens is 2. The van der Waals surface area contributed by atoms with Crippen molar-refractivity contribution in [2.45, 2.75) is 5.16 Å². The second-order valence-corrected chi connectivity index (χ2v) is 7.78. The number of hydrogen-bond acceptors (Lipinski definition) is 7. The predicted octanol–water partition coefficient (Wildman–Crippen LogP) is 3.76. The molecule has 9 nitrogen and oxygen atoms in total. The summed E-state index contributed by atoms with van der Waals surface area (Å²) >= 11 is 7.36. The Bertz CT molecular complexity index is 1290. The van der Waals surface area contributed by atoms with Crippen LogP contribution in [0, 0.1) is 5.82 Å². The fourth-order valence-electron chi connectivity index (χ4n) is 2.99. The monoisotopic (exact) mass is 486 g/mol. The molecule has 2 heterocycles. The largest absolute Gasteiger partial charge is 0.451 e. The lowest BCUT2D eigenvalue weighted by atomic mass is 10.2. The number of anilines is 1. The SMILES string of the molecule is CSc1ncc(C(=O)OCC(=O)Nc2cc(Cl)ccc2-n2cncn2)n1-c1ccc(F)cc1. The zero-order chi connectivity index (χ0) is 23.4. The second kappa shape index (κ2) is 9.84. The van der Waals surface area contributed by atoms with Gasteiger partial charge in [0.05, 0.1) is 17.6 Å². The van der Waals surface area contributed by atoms with E-state index in [-0.39, 0.29) is 5.69 Å². The highest BCUT2D eigenvalue weighted by atomic mass is 35.5. The topological polar surface area (TPSA) is 104 Å². The molecule has 4 aromatic rings. The van der Waals surface area contributed by atoms with Crippen LogP contribution in [0.1, 0.15) is 10.5 Å². The highest BCUT2D eigenvalue weighted by Crippen LogP contribution is 2.25. The summed E-state index contributed by atoms with van der Waals surface area (Å²) in [5.41, 5.74) is 1.54. The molecular weight excluding hydrogens is 471 g/mol. The molecule has 0 bridgehead atoms. The molecule has 1 amide bonds. The molecular formula is C21H16ClFN6O3S. The van der Waals surface area contributed by atoms with Crippen LogP contribution in [0.3, 0.4) is 0 Å². The number of aromatic nitrogens is 5. The predicted molar refractivity (Wildman–Crippen MR) is 121 cm³/mol. The maximum atomic E-state index is 13.3. The lowest BCUT2D eigenvalue weighted by Gasteiger charge is -2.12. The van der Waals surface area contributed by atoms with E-state index >= 15 is 0 Å². The van der Waals surface area contributed by atoms with E-state index in [1.165, 1.54) is 64.1 Å². The number of carbonyl (C=O) groups is 2. The number of nitrogens with zero attached hydrogens (tertiary/aromatic N) is 5. The number of esters is 1. The van der Waals surface area contributed by atoms with E-state index in [0.29, 0.717) is 27.2 Å². The first kappa shape index (κ1) is 22.5.